The summed E-state index contributed by atoms with van der Waals surface area (Å²) in [5.41, 5.74) is 0.547. The molecule has 1 aliphatic rings. The van der Waals surface area contributed by atoms with Crippen molar-refractivity contribution < 1.29 is 4.74 Å². The van der Waals surface area contributed by atoms with Crippen LogP contribution in [-0.4, -0.2) is 19.2 Å². The van der Waals surface area contributed by atoms with Crippen LogP contribution in [0.5, 0.6) is 5.75 Å². The number of hydrogen-bond donors (Lipinski definition) is 1. The van der Waals surface area contributed by atoms with Crippen LogP contribution in [0.3, 0.4) is 0 Å². The third kappa shape index (κ3) is 5.15. The SMILES string of the molecule is CC1(C)CCC(NCCOc2cccc(Br)c2)CC1. The quantitative estimate of drug-likeness (QED) is 0.811. The van der Waals surface area contributed by atoms with Crippen molar-refractivity contribution in [1.29, 1.82) is 0 Å². The average molecular weight is 326 g/mol. The molecule has 2 rings (SSSR count). The summed E-state index contributed by atoms with van der Waals surface area (Å²) in [6.07, 6.45) is 5.25. The fraction of sp³-hybridized carbons (Fsp3) is 0.625. The molecule has 0 heterocycles. The summed E-state index contributed by atoms with van der Waals surface area (Å²) in [6.45, 7) is 6.41. The minimum Gasteiger partial charge on any atom is -0.492 e. The van der Waals surface area contributed by atoms with Crippen molar-refractivity contribution in [3.05, 3.63) is 28.7 Å². The van der Waals surface area contributed by atoms with E-state index >= 15 is 0 Å². The number of rotatable bonds is 5. The minimum atomic E-state index is 0.547. The van der Waals surface area contributed by atoms with Crippen LogP contribution in [0.1, 0.15) is 39.5 Å². The summed E-state index contributed by atoms with van der Waals surface area (Å²) >= 11 is 3.45. The molecular formula is C16H24BrNO. The number of hydrogen-bond acceptors (Lipinski definition) is 2. The van der Waals surface area contributed by atoms with Crippen molar-refractivity contribution in [3.8, 4) is 5.75 Å². The second-order valence-corrected chi connectivity index (χ2v) is 7.11. The second kappa shape index (κ2) is 6.76. The van der Waals surface area contributed by atoms with Crippen molar-refractivity contribution in [3.63, 3.8) is 0 Å². The molecule has 1 aliphatic carbocycles. The van der Waals surface area contributed by atoms with Gasteiger partial charge in [0, 0.05) is 17.1 Å². The lowest BCUT2D eigenvalue weighted by atomic mass is 9.75. The van der Waals surface area contributed by atoms with Gasteiger partial charge in [-0.2, -0.15) is 0 Å². The maximum atomic E-state index is 5.73. The highest BCUT2D eigenvalue weighted by atomic mass is 79.9. The first-order valence-electron chi connectivity index (χ1n) is 7.17. The molecule has 0 radical (unpaired) electrons. The van der Waals surface area contributed by atoms with E-state index in [1.54, 1.807) is 0 Å². The van der Waals surface area contributed by atoms with E-state index in [0.717, 1.165) is 23.4 Å². The summed E-state index contributed by atoms with van der Waals surface area (Å²) in [5.74, 6) is 0.931. The van der Waals surface area contributed by atoms with Gasteiger partial charge in [0.25, 0.3) is 0 Å². The van der Waals surface area contributed by atoms with E-state index in [2.05, 4.69) is 35.1 Å². The van der Waals surface area contributed by atoms with E-state index in [1.165, 1.54) is 25.7 Å². The monoisotopic (exact) mass is 325 g/mol. The van der Waals surface area contributed by atoms with Gasteiger partial charge in [0.2, 0.25) is 0 Å². The Morgan fingerprint density at radius 3 is 2.74 bits per heavy atom. The molecular weight excluding hydrogens is 302 g/mol. The molecule has 0 unspecified atom stereocenters. The first-order valence-corrected chi connectivity index (χ1v) is 7.96. The van der Waals surface area contributed by atoms with Crippen LogP contribution in [0, 0.1) is 5.41 Å². The van der Waals surface area contributed by atoms with Crippen LogP contribution >= 0.6 is 15.9 Å². The van der Waals surface area contributed by atoms with Gasteiger partial charge in [-0.3, -0.25) is 0 Å². The van der Waals surface area contributed by atoms with Gasteiger partial charge in [0.15, 0.2) is 0 Å². The Kier molecular flexibility index (Phi) is 5.28. The molecule has 0 amide bonds. The van der Waals surface area contributed by atoms with Gasteiger partial charge in [0.1, 0.15) is 12.4 Å². The van der Waals surface area contributed by atoms with E-state index in [1.807, 2.05) is 24.3 Å². The second-order valence-electron chi connectivity index (χ2n) is 6.20. The maximum Gasteiger partial charge on any atom is 0.120 e. The fourth-order valence-corrected chi connectivity index (χ4v) is 2.97. The van der Waals surface area contributed by atoms with Gasteiger partial charge in [-0.25, -0.2) is 0 Å². The first kappa shape index (κ1) is 14.9. The van der Waals surface area contributed by atoms with E-state index in [4.69, 9.17) is 4.74 Å². The minimum absolute atomic E-state index is 0.547. The van der Waals surface area contributed by atoms with Gasteiger partial charge in [-0.15, -0.1) is 0 Å². The van der Waals surface area contributed by atoms with Crippen LogP contribution in [-0.2, 0) is 0 Å². The molecule has 0 bridgehead atoms. The number of nitrogens with one attached hydrogen (secondary N) is 1. The zero-order valence-electron chi connectivity index (χ0n) is 11.9. The standard InChI is InChI=1S/C16H24BrNO/c1-16(2)8-6-14(7-9-16)18-10-11-19-15-5-3-4-13(17)12-15/h3-5,12,14,18H,6-11H2,1-2H3. The van der Waals surface area contributed by atoms with Crippen molar-refractivity contribution >= 4 is 15.9 Å². The Bertz CT molecular complexity index is 395. The van der Waals surface area contributed by atoms with E-state index < -0.39 is 0 Å². The molecule has 0 atom stereocenters. The highest BCUT2D eigenvalue weighted by molar-refractivity contribution is 9.10. The van der Waals surface area contributed by atoms with Gasteiger partial charge < -0.3 is 10.1 Å². The van der Waals surface area contributed by atoms with Crippen molar-refractivity contribution in [2.75, 3.05) is 13.2 Å². The number of benzene rings is 1. The van der Waals surface area contributed by atoms with Gasteiger partial charge >= 0.3 is 0 Å². The fourth-order valence-electron chi connectivity index (χ4n) is 2.59. The molecule has 1 aromatic carbocycles. The van der Waals surface area contributed by atoms with Gasteiger partial charge in [-0.1, -0.05) is 35.8 Å². The zero-order chi connectivity index (χ0) is 13.7. The van der Waals surface area contributed by atoms with Crippen molar-refractivity contribution in [2.45, 2.75) is 45.6 Å². The van der Waals surface area contributed by atoms with Crippen LogP contribution in [0.2, 0.25) is 0 Å². The van der Waals surface area contributed by atoms with E-state index in [9.17, 15) is 0 Å². The average Bonchev–Trinajstić information content (AvgIpc) is 2.36. The van der Waals surface area contributed by atoms with Crippen molar-refractivity contribution in [1.82, 2.24) is 5.32 Å². The van der Waals surface area contributed by atoms with E-state index in [-0.39, 0.29) is 0 Å². The molecule has 19 heavy (non-hydrogen) atoms. The lowest BCUT2D eigenvalue weighted by Gasteiger charge is -2.34. The summed E-state index contributed by atoms with van der Waals surface area (Å²) in [4.78, 5) is 0. The molecule has 3 heteroatoms. The molecule has 0 spiro atoms. The molecule has 0 aliphatic heterocycles. The lowest BCUT2D eigenvalue weighted by Crippen LogP contribution is -2.37. The third-order valence-corrected chi connectivity index (χ3v) is 4.43. The molecule has 1 N–H and O–H groups in total. The summed E-state index contributed by atoms with van der Waals surface area (Å²) in [6, 6.07) is 8.68. The maximum absolute atomic E-state index is 5.73. The Morgan fingerprint density at radius 1 is 1.32 bits per heavy atom. The van der Waals surface area contributed by atoms with Gasteiger partial charge in [-0.05, 0) is 49.3 Å². The molecule has 1 aromatic rings. The molecule has 0 aromatic heterocycles. The smallest absolute Gasteiger partial charge is 0.120 e. The normalized spacial score (nSPS) is 19.3. The lowest BCUT2D eigenvalue weighted by molar-refractivity contribution is 0.200. The van der Waals surface area contributed by atoms with E-state index in [0.29, 0.717) is 11.5 Å². The highest BCUT2D eigenvalue weighted by Gasteiger charge is 2.26. The molecule has 106 valence electrons. The molecule has 2 nitrogen and oxygen atoms in total. The predicted octanol–water partition coefficient (Wildman–Crippen LogP) is 4.39. The molecule has 0 saturated heterocycles. The van der Waals surface area contributed by atoms with Crippen LogP contribution in [0.4, 0.5) is 0 Å². The Balaban J connectivity index is 1.62. The Hall–Kier alpha value is -0.540. The first-order chi connectivity index (χ1) is 9.05. The summed E-state index contributed by atoms with van der Waals surface area (Å²) < 4.78 is 6.79. The molecule has 1 fully saturated rings. The number of ether oxygens (including phenoxy) is 1. The highest BCUT2D eigenvalue weighted by Crippen LogP contribution is 2.34. The third-order valence-electron chi connectivity index (χ3n) is 3.94. The van der Waals surface area contributed by atoms with Crippen LogP contribution in [0.15, 0.2) is 28.7 Å². The molecule has 1 saturated carbocycles. The summed E-state index contributed by atoms with van der Waals surface area (Å²) in [5, 5.41) is 3.61. The van der Waals surface area contributed by atoms with Crippen LogP contribution < -0.4 is 10.1 Å². The van der Waals surface area contributed by atoms with Gasteiger partial charge in [0.05, 0.1) is 0 Å². The predicted molar refractivity (Wildman–Crippen MR) is 83.7 cm³/mol. The Morgan fingerprint density at radius 2 is 2.05 bits per heavy atom. The van der Waals surface area contributed by atoms with Crippen molar-refractivity contribution in [2.24, 2.45) is 5.41 Å². The zero-order valence-corrected chi connectivity index (χ0v) is 13.5. The largest absolute Gasteiger partial charge is 0.492 e. The topological polar surface area (TPSA) is 21.3 Å². The summed E-state index contributed by atoms with van der Waals surface area (Å²) in [7, 11) is 0. The number of halogens is 1. The Labute approximate surface area is 125 Å². The van der Waals surface area contributed by atoms with Crippen LogP contribution in [0.25, 0.3) is 0 Å².